The molecule has 0 saturated carbocycles. The second kappa shape index (κ2) is 4.03. The average Bonchev–Trinajstić information content (AvgIpc) is 2.44. The standard InChI is InChI=1S/C8H9Br2NO3S2/c1-8(12)3-11(4-8)16(13,14)7-6(10)5(9)2-15-7/h2,12H,3-4H2,1H3. The molecule has 0 aromatic carbocycles. The summed E-state index contributed by atoms with van der Waals surface area (Å²) < 4.78 is 27.0. The second-order valence-corrected chi connectivity index (χ2v) is 8.62. The van der Waals surface area contributed by atoms with E-state index in [9.17, 15) is 13.5 Å². The van der Waals surface area contributed by atoms with Crippen molar-refractivity contribution < 1.29 is 13.5 Å². The monoisotopic (exact) mass is 389 g/mol. The highest BCUT2D eigenvalue weighted by Crippen LogP contribution is 2.39. The van der Waals surface area contributed by atoms with E-state index in [0.717, 1.165) is 15.8 Å². The molecular weight excluding hydrogens is 382 g/mol. The highest BCUT2D eigenvalue weighted by Gasteiger charge is 2.45. The van der Waals surface area contributed by atoms with E-state index in [-0.39, 0.29) is 17.3 Å². The van der Waals surface area contributed by atoms with Gasteiger partial charge < -0.3 is 5.11 Å². The molecule has 8 heteroatoms. The Labute approximate surface area is 115 Å². The van der Waals surface area contributed by atoms with Gasteiger partial charge in [0.1, 0.15) is 0 Å². The maximum absolute atomic E-state index is 12.1. The van der Waals surface area contributed by atoms with Crippen LogP contribution in [0.25, 0.3) is 0 Å². The molecule has 0 radical (unpaired) electrons. The van der Waals surface area contributed by atoms with Gasteiger partial charge in [-0.1, -0.05) is 0 Å². The fourth-order valence-corrected chi connectivity index (χ4v) is 6.34. The van der Waals surface area contributed by atoms with Gasteiger partial charge in [0.15, 0.2) is 4.21 Å². The first kappa shape index (κ1) is 13.0. The average molecular weight is 391 g/mol. The summed E-state index contributed by atoms with van der Waals surface area (Å²) in [5.74, 6) is 0. The van der Waals surface area contributed by atoms with Gasteiger partial charge in [-0.05, 0) is 38.8 Å². The van der Waals surface area contributed by atoms with Gasteiger partial charge in [-0.25, -0.2) is 8.42 Å². The Kier molecular flexibility index (Phi) is 3.27. The van der Waals surface area contributed by atoms with Crippen LogP contribution in [0.5, 0.6) is 0 Å². The molecule has 2 heterocycles. The van der Waals surface area contributed by atoms with Gasteiger partial charge in [0, 0.05) is 22.9 Å². The van der Waals surface area contributed by atoms with Crippen LogP contribution < -0.4 is 0 Å². The van der Waals surface area contributed by atoms with Crippen LogP contribution in [0.1, 0.15) is 6.92 Å². The van der Waals surface area contributed by atoms with Crippen LogP contribution >= 0.6 is 43.2 Å². The molecule has 4 nitrogen and oxygen atoms in total. The predicted octanol–water partition coefficient (Wildman–Crippen LogP) is 2.03. The van der Waals surface area contributed by atoms with Crippen LogP contribution in [0.3, 0.4) is 0 Å². The maximum Gasteiger partial charge on any atom is 0.253 e. The highest BCUT2D eigenvalue weighted by atomic mass is 79.9. The molecular formula is C8H9Br2NO3S2. The van der Waals surface area contributed by atoms with Gasteiger partial charge in [0.25, 0.3) is 10.0 Å². The third-order valence-electron chi connectivity index (χ3n) is 2.27. The molecule has 1 aliphatic rings. The number of rotatable bonds is 2. The summed E-state index contributed by atoms with van der Waals surface area (Å²) in [5, 5.41) is 11.3. The van der Waals surface area contributed by atoms with E-state index in [2.05, 4.69) is 31.9 Å². The molecule has 2 rings (SSSR count). The van der Waals surface area contributed by atoms with Crippen molar-refractivity contribution in [3.63, 3.8) is 0 Å². The van der Waals surface area contributed by atoms with Crippen molar-refractivity contribution in [2.75, 3.05) is 13.1 Å². The molecule has 0 aliphatic carbocycles. The van der Waals surface area contributed by atoms with Crippen molar-refractivity contribution in [2.24, 2.45) is 0 Å². The van der Waals surface area contributed by atoms with Gasteiger partial charge in [0.05, 0.1) is 10.1 Å². The Bertz CT molecular complexity index is 515. The molecule has 0 unspecified atom stereocenters. The Morgan fingerprint density at radius 1 is 1.50 bits per heavy atom. The molecule has 1 N–H and O–H groups in total. The van der Waals surface area contributed by atoms with E-state index in [0.29, 0.717) is 4.47 Å². The third-order valence-corrected chi connectivity index (χ3v) is 8.38. The lowest BCUT2D eigenvalue weighted by Gasteiger charge is -2.42. The molecule has 0 atom stereocenters. The predicted molar refractivity (Wildman–Crippen MR) is 69.1 cm³/mol. The van der Waals surface area contributed by atoms with Crippen molar-refractivity contribution in [1.82, 2.24) is 4.31 Å². The fourth-order valence-electron chi connectivity index (χ4n) is 1.48. The molecule has 1 saturated heterocycles. The molecule has 90 valence electrons. The van der Waals surface area contributed by atoms with Gasteiger partial charge in [-0.3, -0.25) is 0 Å². The van der Waals surface area contributed by atoms with Crippen LogP contribution in [0.2, 0.25) is 0 Å². The van der Waals surface area contributed by atoms with Gasteiger partial charge in [-0.2, -0.15) is 4.31 Å². The van der Waals surface area contributed by atoms with Crippen LogP contribution in [-0.2, 0) is 10.0 Å². The summed E-state index contributed by atoms with van der Waals surface area (Å²) in [4.78, 5) is 0. The lowest BCUT2D eigenvalue weighted by molar-refractivity contribution is -0.0425. The first-order chi connectivity index (χ1) is 7.24. The van der Waals surface area contributed by atoms with Crippen LogP contribution in [0.4, 0.5) is 0 Å². The van der Waals surface area contributed by atoms with Crippen LogP contribution in [0, 0.1) is 0 Å². The normalized spacial score (nSPS) is 20.8. The molecule has 1 aromatic rings. The topological polar surface area (TPSA) is 57.6 Å². The Balaban J connectivity index is 2.31. The zero-order chi connectivity index (χ0) is 12.1. The number of β-amino-alcohol motifs (C(OH)–C–C–N with tert-alkyl or cyclic N) is 1. The molecule has 0 amide bonds. The van der Waals surface area contributed by atoms with Crippen LogP contribution in [-0.4, -0.2) is 36.5 Å². The molecule has 1 aliphatic heterocycles. The minimum Gasteiger partial charge on any atom is -0.387 e. The molecule has 1 fully saturated rings. The van der Waals surface area contributed by atoms with E-state index < -0.39 is 15.6 Å². The zero-order valence-corrected chi connectivity index (χ0v) is 13.1. The Morgan fingerprint density at radius 2 is 2.06 bits per heavy atom. The molecule has 0 bridgehead atoms. The van der Waals surface area contributed by atoms with Crippen LogP contribution in [0.15, 0.2) is 18.5 Å². The summed E-state index contributed by atoms with van der Waals surface area (Å²) in [6.07, 6.45) is 0. The van der Waals surface area contributed by atoms with Crippen molar-refractivity contribution in [1.29, 1.82) is 0 Å². The first-order valence-corrected chi connectivity index (χ1v) is 8.30. The SMILES string of the molecule is CC1(O)CN(S(=O)(=O)c2scc(Br)c2Br)C1. The number of nitrogens with zero attached hydrogens (tertiary/aromatic N) is 1. The lowest BCUT2D eigenvalue weighted by Crippen LogP contribution is -2.61. The quantitative estimate of drug-likeness (QED) is 0.840. The van der Waals surface area contributed by atoms with Gasteiger partial charge in [-0.15, -0.1) is 11.3 Å². The number of hydrogen-bond donors (Lipinski definition) is 1. The largest absolute Gasteiger partial charge is 0.387 e. The Morgan fingerprint density at radius 3 is 2.44 bits per heavy atom. The summed E-state index contributed by atoms with van der Waals surface area (Å²) in [6.45, 7) is 1.92. The first-order valence-electron chi connectivity index (χ1n) is 4.39. The minimum absolute atomic E-state index is 0.150. The second-order valence-electron chi connectivity index (χ2n) is 3.96. The van der Waals surface area contributed by atoms with E-state index >= 15 is 0 Å². The van der Waals surface area contributed by atoms with Crippen molar-refractivity contribution in [2.45, 2.75) is 16.7 Å². The molecule has 0 spiro atoms. The number of halogens is 2. The Hall–Kier alpha value is 0.530. The van der Waals surface area contributed by atoms with Crippen molar-refractivity contribution in [3.05, 3.63) is 14.3 Å². The number of sulfonamides is 1. The number of aliphatic hydroxyl groups is 1. The van der Waals surface area contributed by atoms with E-state index in [1.807, 2.05) is 0 Å². The summed E-state index contributed by atoms with van der Waals surface area (Å²) in [6, 6.07) is 0. The number of hydrogen-bond acceptors (Lipinski definition) is 4. The highest BCUT2D eigenvalue weighted by molar-refractivity contribution is 9.13. The van der Waals surface area contributed by atoms with Crippen molar-refractivity contribution >= 4 is 53.2 Å². The fraction of sp³-hybridized carbons (Fsp3) is 0.500. The third kappa shape index (κ3) is 2.11. The summed E-state index contributed by atoms with van der Waals surface area (Å²) in [7, 11) is -3.47. The van der Waals surface area contributed by atoms with E-state index in [1.165, 1.54) is 4.31 Å². The lowest BCUT2D eigenvalue weighted by atomic mass is 10.0. The van der Waals surface area contributed by atoms with E-state index in [4.69, 9.17) is 0 Å². The maximum atomic E-state index is 12.1. The minimum atomic E-state index is -3.47. The number of thiophene rings is 1. The molecule has 16 heavy (non-hydrogen) atoms. The smallest absolute Gasteiger partial charge is 0.253 e. The summed E-state index contributed by atoms with van der Waals surface area (Å²) >= 11 is 7.64. The van der Waals surface area contributed by atoms with Gasteiger partial charge >= 0.3 is 0 Å². The summed E-state index contributed by atoms with van der Waals surface area (Å²) in [5.41, 5.74) is -0.895. The zero-order valence-electron chi connectivity index (χ0n) is 8.27. The molecule has 1 aromatic heterocycles. The van der Waals surface area contributed by atoms with E-state index in [1.54, 1.807) is 12.3 Å². The van der Waals surface area contributed by atoms with Crippen molar-refractivity contribution in [3.8, 4) is 0 Å². The van der Waals surface area contributed by atoms with Gasteiger partial charge in [0.2, 0.25) is 0 Å².